The summed E-state index contributed by atoms with van der Waals surface area (Å²) >= 11 is 1.24. The molecule has 1 saturated carbocycles. The summed E-state index contributed by atoms with van der Waals surface area (Å²) < 4.78 is 5.14. The Hall–Kier alpha value is -1.16. The van der Waals surface area contributed by atoms with Crippen LogP contribution in [0.3, 0.4) is 0 Å². The summed E-state index contributed by atoms with van der Waals surface area (Å²) in [6, 6.07) is 7.95. The Morgan fingerprint density at radius 2 is 2.11 bits per heavy atom. The van der Waals surface area contributed by atoms with E-state index in [4.69, 9.17) is 4.74 Å². The van der Waals surface area contributed by atoms with E-state index in [-0.39, 0.29) is 5.24 Å². The molecule has 98 valence electrons. The van der Waals surface area contributed by atoms with E-state index in [0.717, 1.165) is 23.5 Å². The molecule has 0 radical (unpaired) electrons. The highest BCUT2D eigenvalue weighted by Crippen LogP contribution is 2.24. The molecule has 1 aliphatic rings. The van der Waals surface area contributed by atoms with E-state index in [9.17, 15) is 4.79 Å². The normalized spacial score (nSPS) is 16.3. The van der Waals surface area contributed by atoms with Gasteiger partial charge in [-0.15, -0.1) is 0 Å². The van der Waals surface area contributed by atoms with Crippen LogP contribution in [0.5, 0.6) is 5.75 Å². The molecule has 0 saturated heterocycles. The third-order valence-electron chi connectivity index (χ3n) is 3.18. The fourth-order valence-electron chi connectivity index (χ4n) is 2.21. The van der Waals surface area contributed by atoms with Gasteiger partial charge in [-0.25, -0.2) is 0 Å². The second-order valence-electron chi connectivity index (χ2n) is 4.55. The van der Waals surface area contributed by atoms with Crippen LogP contribution in [0, 0.1) is 0 Å². The lowest BCUT2D eigenvalue weighted by molar-refractivity contribution is 0.253. The highest BCUT2D eigenvalue weighted by molar-refractivity contribution is 8.13. The van der Waals surface area contributed by atoms with Crippen molar-refractivity contribution in [1.29, 1.82) is 0 Å². The first kappa shape index (κ1) is 13.3. The Morgan fingerprint density at radius 1 is 1.33 bits per heavy atom. The second-order valence-corrected chi connectivity index (χ2v) is 5.59. The number of carbonyl (C=O) groups excluding carboxylic acids is 1. The van der Waals surface area contributed by atoms with Crippen LogP contribution in [0.2, 0.25) is 0 Å². The molecule has 1 aromatic carbocycles. The minimum atomic E-state index is 0.0372. The number of carbonyl (C=O) groups is 1. The van der Waals surface area contributed by atoms with Gasteiger partial charge >= 0.3 is 0 Å². The first-order valence-electron chi connectivity index (χ1n) is 6.40. The molecule has 1 fully saturated rings. The van der Waals surface area contributed by atoms with Crippen molar-refractivity contribution in [3.05, 3.63) is 24.3 Å². The number of thioether (sulfide) groups is 1. The minimum Gasteiger partial charge on any atom is -0.497 e. The number of ether oxygens (including phenoxy) is 1. The zero-order chi connectivity index (χ0) is 12.8. The van der Waals surface area contributed by atoms with Crippen molar-refractivity contribution in [3.63, 3.8) is 0 Å². The number of hydrogen-bond donors (Lipinski definition) is 1. The largest absolute Gasteiger partial charge is 0.497 e. The fourth-order valence-corrected chi connectivity index (χ4v) is 2.98. The molecule has 18 heavy (non-hydrogen) atoms. The number of rotatable bonds is 3. The van der Waals surface area contributed by atoms with Crippen LogP contribution in [-0.2, 0) is 0 Å². The summed E-state index contributed by atoms with van der Waals surface area (Å²) in [5.41, 5.74) is 0. The van der Waals surface area contributed by atoms with Crippen LogP contribution in [0.25, 0.3) is 0 Å². The van der Waals surface area contributed by atoms with Gasteiger partial charge in [0.2, 0.25) is 0 Å². The van der Waals surface area contributed by atoms with Crippen molar-refractivity contribution in [1.82, 2.24) is 5.32 Å². The van der Waals surface area contributed by atoms with Gasteiger partial charge in [0.05, 0.1) is 7.11 Å². The van der Waals surface area contributed by atoms with Gasteiger partial charge in [0.25, 0.3) is 5.24 Å². The summed E-state index contributed by atoms with van der Waals surface area (Å²) in [5, 5.41) is 3.13. The van der Waals surface area contributed by atoms with E-state index in [1.807, 2.05) is 24.3 Å². The fraction of sp³-hybridized carbons (Fsp3) is 0.500. The highest BCUT2D eigenvalue weighted by Gasteiger charge is 2.16. The lowest BCUT2D eigenvalue weighted by Gasteiger charge is -2.22. The SMILES string of the molecule is COc1cccc(SC(=O)NC2CCCCC2)c1. The summed E-state index contributed by atoms with van der Waals surface area (Å²) in [6.45, 7) is 0. The molecule has 0 heterocycles. The van der Waals surface area contributed by atoms with Crippen LogP contribution in [0.4, 0.5) is 4.79 Å². The maximum absolute atomic E-state index is 11.9. The van der Waals surface area contributed by atoms with E-state index in [2.05, 4.69) is 5.32 Å². The Kier molecular flexibility index (Phi) is 4.93. The second kappa shape index (κ2) is 6.69. The lowest BCUT2D eigenvalue weighted by Crippen LogP contribution is -2.33. The third kappa shape index (κ3) is 3.95. The average molecular weight is 265 g/mol. The average Bonchev–Trinajstić information content (AvgIpc) is 2.40. The van der Waals surface area contributed by atoms with Gasteiger partial charge in [0, 0.05) is 10.9 Å². The molecule has 0 spiro atoms. The van der Waals surface area contributed by atoms with Crippen molar-refractivity contribution < 1.29 is 9.53 Å². The molecule has 0 unspecified atom stereocenters. The van der Waals surface area contributed by atoms with Crippen molar-refractivity contribution in [2.75, 3.05) is 7.11 Å². The molecule has 0 atom stereocenters. The van der Waals surface area contributed by atoms with Gasteiger partial charge in [-0.2, -0.15) is 0 Å². The van der Waals surface area contributed by atoms with Gasteiger partial charge < -0.3 is 10.1 Å². The number of nitrogens with one attached hydrogen (secondary N) is 1. The van der Waals surface area contributed by atoms with E-state index in [1.54, 1.807) is 7.11 Å². The molecule has 1 aromatic rings. The Bertz CT molecular complexity index is 403. The summed E-state index contributed by atoms with van der Waals surface area (Å²) in [5.74, 6) is 0.783. The van der Waals surface area contributed by atoms with Crippen molar-refractivity contribution in [3.8, 4) is 5.75 Å². The molecule has 0 aliphatic heterocycles. The molecule has 0 aromatic heterocycles. The first-order valence-corrected chi connectivity index (χ1v) is 7.22. The zero-order valence-corrected chi connectivity index (χ0v) is 11.5. The molecule has 2 rings (SSSR count). The van der Waals surface area contributed by atoms with Gasteiger partial charge in [-0.05, 0) is 42.8 Å². The number of benzene rings is 1. The Labute approximate surface area is 112 Å². The Balaban J connectivity index is 1.85. The molecule has 1 aliphatic carbocycles. The van der Waals surface area contributed by atoms with Crippen LogP contribution in [-0.4, -0.2) is 18.4 Å². The topological polar surface area (TPSA) is 38.3 Å². The molecule has 0 bridgehead atoms. The maximum Gasteiger partial charge on any atom is 0.284 e. The van der Waals surface area contributed by atoms with Crippen LogP contribution in [0.1, 0.15) is 32.1 Å². The quantitative estimate of drug-likeness (QED) is 0.844. The molecule has 1 amide bonds. The first-order chi connectivity index (χ1) is 8.78. The smallest absolute Gasteiger partial charge is 0.284 e. The number of amides is 1. The van der Waals surface area contributed by atoms with Crippen molar-refractivity contribution in [2.24, 2.45) is 0 Å². The standard InChI is InChI=1S/C14H19NO2S/c1-17-12-8-5-9-13(10-12)18-14(16)15-11-6-3-2-4-7-11/h5,8-11H,2-4,6-7H2,1H3,(H,15,16). The van der Waals surface area contributed by atoms with E-state index < -0.39 is 0 Å². The van der Waals surface area contributed by atoms with Gasteiger partial charge in [0.1, 0.15) is 5.75 Å². The third-order valence-corrected chi connectivity index (χ3v) is 3.97. The highest BCUT2D eigenvalue weighted by atomic mass is 32.2. The summed E-state index contributed by atoms with van der Waals surface area (Å²) in [6.07, 6.45) is 5.99. The van der Waals surface area contributed by atoms with Crippen molar-refractivity contribution >= 4 is 17.0 Å². The van der Waals surface area contributed by atoms with E-state index in [0.29, 0.717) is 6.04 Å². The van der Waals surface area contributed by atoms with E-state index >= 15 is 0 Å². The zero-order valence-electron chi connectivity index (χ0n) is 10.6. The summed E-state index contributed by atoms with van der Waals surface area (Å²) in [7, 11) is 1.63. The molecular formula is C14H19NO2S. The van der Waals surface area contributed by atoms with Crippen molar-refractivity contribution in [2.45, 2.75) is 43.0 Å². The molecule has 4 heteroatoms. The monoisotopic (exact) mass is 265 g/mol. The number of hydrogen-bond acceptors (Lipinski definition) is 3. The maximum atomic E-state index is 11.9. The van der Waals surface area contributed by atoms with Crippen LogP contribution < -0.4 is 10.1 Å². The van der Waals surface area contributed by atoms with Gasteiger partial charge in [-0.1, -0.05) is 25.3 Å². The predicted molar refractivity (Wildman–Crippen MR) is 74.3 cm³/mol. The van der Waals surface area contributed by atoms with Gasteiger partial charge in [0.15, 0.2) is 0 Å². The van der Waals surface area contributed by atoms with Crippen LogP contribution in [0.15, 0.2) is 29.2 Å². The van der Waals surface area contributed by atoms with E-state index in [1.165, 1.54) is 31.0 Å². The van der Waals surface area contributed by atoms with Crippen LogP contribution >= 0.6 is 11.8 Å². The summed E-state index contributed by atoms with van der Waals surface area (Å²) in [4.78, 5) is 12.8. The number of methoxy groups -OCH3 is 1. The molecular weight excluding hydrogens is 246 g/mol. The van der Waals surface area contributed by atoms with Gasteiger partial charge in [-0.3, -0.25) is 4.79 Å². The molecule has 3 nitrogen and oxygen atoms in total. The molecule has 1 N–H and O–H groups in total. The lowest BCUT2D eigenvalue weighted by atomic mass is 9.96. The minimum absolute atomic E-state index is 0.0372. The predicted octanol–water partition coefficient (Wildman–Crippen LogP) is 3.83. The Morgan fingerprint density at radius 3 is 2.83 bits per heavy atom.